The van der Waals surface area contributed by atoms with Crippen molar-refractivity contribution in [2.75, 3.05) is 0 Å². The highest BCUT2D eigenvalue weighted by molar-refractivity contribution is 7.85. The Bertz CT molecular complexity index is 752. The Morgan fingerprint density at radius 2 is 1.55 bits per heavy atom. The van der Waals surface area contributed by atoms with Crippen molar-refractivity contribution in [3.63, 3.8) is 0 Å². The Hall–Kier alpha value is -2.25. The first-order valence-electron chi connectivity index (χ1n) is 6.52. The minimum Gasteiger partial charge on any atom is -0.265 e. The van der Waals surface area contributed by atoms with E-state index < -0.39 is 15.0 Å². The van der Waals surface area contributed by atoms with Crippen molar-refractivity contribution in [3.8, 4) is 0 Å². The second-order valence-electron chi connectivity index (χ2n) is 4.87. The molecule has 0 fully saturated rings. The molecule has 0 N–H and O–H groups in total. The van der Waals surface area contributed by atoms with Crippen molar-refractivity contribution in [1.82, 2.24) is 0 Å². The highest BCUT2D eigenvalue weighted by atomic mass is 32.2. The molecule has 0 aromatic heterocycles. The Balaban J connectivity index is 1.97. The average molecular weight is 321 g/mol. The van der Waals surface area contributed by atoms with Gasteiger partial charge in [0.1, 0.15) is 5.75 Å². The Morgan fingerprint density at radius 1 is 1.00 bits per heavy atom. The van der Waals surface area contributed by atoms with Crippen LogP contribution in [0, 0.1) is 17.0 Å². The molecule has 6 nitrogen and oxygen atoms in total. The number of hydrogen-bond acceptors (Lipinski definition) is 5. The number of nitro benzene ring substituents is 1. The summed E-state index contributed by atoms with van der Waals surface area (Å²) < 4.78 is 28.8. The zero-order chi connectivity index (χ0) is 16.2. The molecule has 0 aliphatic rings. The molecule has 0 saturated carbocycles. The first-order chi connectivity index (χ1) is 10.4. The fraction of sp³-hybridized carbons (Fsp3) is 0.200. The number of hydrogen-bond donors (Lipinski definition) is 0. The van der Waals surface area contributed by atoms with Crippen molar-refractivity contribution in [2.45, 2.75) is 19.3 Å². The normalized spacial score (nSPS) is 11.3. The third-order valence-corrected chi connectivity index (χ3v) is 4.18. The van der Waals surface area contributed by atoms with E-state index in [4.69, 9.17) is 4.18 Å². The molecule has 0 heterocycles. The van der Waals surface area contributed by atoms with Crippen LogP contribution >= 0.6 is 0 Å². The van der Waals surface area contributed by atoms with E-state index >= 15 is 0 Å². The molecular weight excluding hydrogens is 306 g/mol. The molecule has 0 unspecified atom stereocenters. The second kappa shape index (κ2) is 6.67. The highest BCUT2D eigenvalue weighted by Crippen LogP contribution is 2.15. The van der Waals surface area contributed by atoms with Gasteiger partial charge in [-0.1, -0.05) is 29.8 Å². The van der Waals surface area contributed by atoms with Crippen LogP contribution in [0.1, 0.15) is 16.7 Å². The van der Waals surface area contributed by atoms with Gasteiger partial charge in [0, 0.05) is 12.1 Å². The number of rotatable bonds is 6. The molecule has 116 valence electrons. The van der Waals surface area contributed by atoms with Gasteiger partial charge in [-0.25, -0.2) is 0 Å². The van der Waals surface area contributed by atoms with Crippen LogP contribution in [0.25, 0.3) is 0 Å². The first kappa shape index (κ1) is 16.1. The molecule has 0 aliphatic heterocycles. The lowest BCUT2D eigenvalue weighted by Crippen LogP contribution is -2.09. The SMILES string of the molecule is Cc1ccc(CS(=O)(=O)OCc2ccc([N+](=O)[O-])cc2)cc1. The molecule has 2 aromatic rings. The summed E-state index contributed by atoms with van der Waals surface area (Å²) in [5, 5.41) is 10.5. The fourth-order valence-electron chi connectivity index (χ4n) is 1.80. The molecule has 7 heteroatoms. The monoisotopic (exact) mass is 321 g/mol. The van der Waals surface area contributed by atoms with E-state index in [1.807, 2.05) is 19.1 Å². The summed E-state index contributed by atoms with van der Waals surface area (Å²) in [6.45, 7) is 1.77. The van der Waals surface area contributed by atoms with Gasteiger partial charge in [0.2, 0.25) is 0 Å². The third-order valence-electron chi connectivity index (χ3n) is 3.02. The number of non-ortho nitro benzene ring substituents is 1. The number of nitrogens with zero attached hydrogens (tertiary/aromatic N) is 1. The van der Waals surface area contributed by atoms with E-state index in [9.17, 15) is 18.5 Å². The van der Waals surface area contributed by atoms with Gasteiger partial charge in [0.05, 0.1) is 11.5 Å². The van der Waals surface area contributed by atoms with E-state index in [0.717, 1.165) is 5.56 Å². The van der Waals surface area contributed by atoms with E-state index in [1.165, 1.54) is 24.3 Å². The summed E-state index contributed by atoms with van der Waals surface area (Å²) in [5.74, 6) is -0.208. The van der Waals surface area contributed by atoms with Crippen LogP contribution in [0.2, 0.25) is 0 Å². The Morgan fingerprint density at radius 3 is 2.09 bits per heavy atom. The molecule has 0 radical (unpaired) electrons. The quantitative estimate of drug-likeness (QED) is 0.464. The molecule has 0 amide bonds. The number of aryl methyl sites for hydroxylation is 1. The minimum atomic E-state index is -3.71. The Labute approximate surface area is 128 Å². The van der Waals surface area contributed by atoms with Crippen LogP contribution in [0.3, 0.4) is 0 Å². The summed E-state index contributed by atoms with van der Waals surface area (Å²) in [5.41, 5.74) is 2.20. The van der Waals surface area contributed by atoms with Crippen molar-refractivity contribution in [2.24, 2.45) is 0 Å². The van der Waals surface area contributed by atoms with Gasteiger partial charge in [0.25, 0.3) is 15.8 Å². The van der Waals surface area contributed by atoms with Crippen LogP contribution in [-0.2, 0) is 26.7 Å². The summed E-state index contributed by atoms with van der Waals surface area (Å²) in [6.07, 6.45) is 0. The van der Waals surface area contributed by atoms with Crippen molar-refractivity contribution >= 4 is 15.8 Å². The zero-order valence-corrected chi connectivity index (χ0v) is 12.7. The summed E-state index contributed by atoms with van der Waals surface area (Å²) in [6, 6.07) is 12.7. The van der Waals surface area contributed by atoms with E-state index in [1.54, 1.807) is 12.1 Å². The van der Waals surface area contributed by atoms with Gasteiger partial charge in [-0.2, -0.15) is 8.42 Å². The minimum absolute atomic E-state index is 0.0498. The molecule has 0 saturated heterocycles. The van der Waals surface area contributed by atoms with E-state index in [2.05, 4.69) is 0 Å². The third kappa shape index (κ3) is 4.64. The van der Waals surface area contributed by atoms with Crippen molar-refractivity contribution in [3.05, 3.63) is 75.3 Å². The molecule has 22 heavy (non-hydrogen) atoms. The molecule has 2 rings (SSSR count). The number of benzene rings is 2. The number of nitro groups is 1. The summed E-state index contributed by atoms with van der Waals surface area (Å²) in [7, 11) is -3.71. The standard InChI is InChI=1S/C15H15NO5S/c1-12-2-4-14(5-3-12)11-22(19,20)21-10-13-6-8-15(9-7-13)16(17)18/h2-9H,10-11H2,1H3. The lowest BCUT2D eigenvalue weighted by molar-refractivity contribution is -0.384. The van der Waals surface area contributed by atoms with Gasteiger partial charge < -0.3 is 0 Å². The predicted molar refractivity (Wildman–Crippen MR) is 81.7 cm³/mol. The lowest BCUT2D eigenvalue weighted by Gasteiger charge is -2.06. The predicted octanol–water partition coefficient (Wildman–Crippen LogP) is 2.95. The molecule has 0 aliphatic carbocycles. The topological polar surface area (TPSA) is 86.5 Å². The molecule has 0 atom stereocenters. The summed E-state index contributed by atoms with van der Waals surface area (Å²) >= 11 is 0. The largest absolute Gasteiger partial charge is 0.271 e. The fourth-order valence-corrected chi connectivity index (χ4v) is 2.80. The molecular formula is C15H15NO5S. The second-order valence-corrected chi connectivity index (χ2v) is 6.51. The van der Waals surface area contributed by atoms with Gasteiger partial charge in [0.15, 0.2) is 0 Å². The maximum atomic E-state index is 11.9. The first-order valence-corrected chi connectivity index (χ1v) is 8.09. The van der Waals surface area contributed by atoms with Crippen LogP contribution in [0.5, 0.6) is 0 Å². The van der Waals surface area contributed by atoms with Crippen LogP contribution in [0.4, 0.5) is 5.69 Å². The average Bonchev–Trinajstić information content (AvgIpc) is 2.48. The highest BCUT2D eigenvalue weighted by Gasteiger charge is 2.13. The van der Waals surface area contributed by atoms with Crippen LogP contribution in [-0.4, -0.2) is 13.3 Å². The molecule has 2 aromatic carbocycles. The van der Waals surface area contributed by atoms with Crippen LogP contribution in [0.15, 0.2) is 48.5 Å². The lowest BCUT2D eigenvalue weighted by atomic mass is 10.2. The molecule has 0 spiro atoms. The van der Waals surface area contributed by atoms with Crippen LogP contribution < -0.4 is 0 Å². The van der Waals surface area contributed by atoms with Crippen molar-refractivity contribution < 1.29 is 17.5 Å². The smallest absolute Gasteiger partial charge is 0.265 e. The Kier molecular flexibility index (Phi) is 4.89. The summed E-state index contributed by atoms with van der Waals surface area (Å²) in [4.78, 5) is 10.0. The van der Waals surface area contributed by atoms with E-state index in [-0.39, 0.29) is 18.0 Å². The van der Waals surface area contributed by atoms with E-state index in [0.29, 0.717) is 11.1 Å². The maximum absolute atomic E-state index is 11.9. The maximum Gasteiger partial charge on any atom is 0.271 e. The van der Waals surface area contributed by atoms with Gasteiger partial charge in [-0.15, -0.1) is 0 Å². The zero-order valence-electron chi connectivity index (χ0n) is 11.9. The van der Waals surface area contributed by atoms with Crippen molar-refractivity contribution in [1.29, 1.82) is 0 Å². The van der Waals surface area contributed by atoms with Gasteiger partial charge in [-0.05, 0) is 30.2 Å². The van der Waals surface area contributed by atoms with Gasteiger partial charge >= 0.3 is 0 Å². The van der Waals surface area contributed by atoms with Gasteiger partial charge in [-0.3, -0.25) is 14.3 Å². The molecule has 0 bridgehead atoms.